The van der Waals surface area contributed by atoms with Gasteiger partial charge in [0.25, 0.3) is 0 Å². The lowest BCUT2D eigenvalue weighted by Crippen LogP contribution is -2.50. The summed E-state index contributed by atoms with van der Waals surface area (Å²) in [5.74, 6) is 0.927. The predicted molar refractivity (Wildman–Crippen MR) is 121 cm³/mol. The van der Waals surface area contributed by atoms with E-state index in [-0.39, 0.29) is 23.7 Å². The Bertz CT molecular complexity index is 1120. The van der Waals surface area contributed by atoms with Crippen molar-refractivity contribution in [2.24, 2.45) is 5.92 Å². The molecule has 0 fully saturated rings. The van der Waals surface area contributed by atoms with E-state index in [1.165, 1.54) is 0 Å². The van der Waals surface area contributed by atoms with Crippen molar-refractivity contribution in [3.63, 3.8) is 0 Å². The quantitative estimate of drug-likeness (QED) is 0.639. The van der Waals surface area contributed by atoms with Crippen molar-refractivity contribution in [2.75, 3.05) is 5.32 Å². The Kier molecular flexibility index (Phi) is 5.81. The molecule has 0 aliphatic carbocycles. The van der Waals surface area contributed by atoms with Gasteiger partial charge < -0.3 is 14.6 Å². The number of amides is 2. The molecule has 2 heterocycles. The van der Waals surface area contributed by atoms with E-state index in [1.807, 2.05) is 70.2 Å². The first-order chi connectivity index (χ1) is 14.8. The summed E-state index contributed by atoms with van der Waals surface area (Å²) in [5.41, 5.74) is 4.28. The molecule has 31 heavy (non-hydrogen) atoms. The number of carbonyl (C=O) groups is 2. The lowest BCUT2D eigenvalue weighted by molar-refractivity contribution is -0.140. The third kappa shape index (κ3) is 4.48. The zero-order valence-electron chi connectivity index (χ0n) is 18.5. The van der Waals surface area contributed by atoms with Crippen LogP contribution in [-0.4, -0.2) is 27.7 Å². The number of benzene rings is 2. The first-order valence-corrected chi connectivity index (χ1v) is 10.9. The van der Waals surface area contributed by atoms with Crippen LogP contribution in [0.25, 0.3) is 11.1 Å². The summed E-state index contributed by atoms with van der Waals surface area (Å²) in [6.45, 7) is 8.54. The number of oxazole rings is 1. The van der Waals surface area contributed by atoms with E-state index in [0.29, 0.717) is 42.1 Å². The lowest BCUT2D eigenvalue weighted by atomic mass is 9.92. The molecule has 1 aliphatic rings. The molecule has 0 bridgehead atoms. The van der Waals surface area contributed by atoms with Crippen LogP contribution in [0.5, 0.6) is 0 Å². The number of anilines is 1. The molecule has 1 unspecified atom stereocenters. The number of nitrogens with zero attached hydrogens (tertiary/aromatic N) is 2. The summed E-state index contributed by atoms with van der Waals surface area (Å²) >= 11 is 0. The summed E-state index contributed by atoms with van der Waals surface area (Å²) in [7, 11) is 0. The number of hydrogen-bond donors (Lipinski definition) is 1. The molecule has 162 valence electrons. The Balaban J connectivity index is 1.58. The van der Waals surface area contributed by atoms with E-state index in [0.717, 1.165) is 11.1 Å². The largest absolute Gasteiger partial charge is 0.440 e. The van der Waals surface area contributed by atoms with Gasteiger partial charge in [-0.05, 0) is 35.2 Å². The molecular weight excluding hydrogens is 390 g/mol. The molecule has 1 N–H and O–H groups in total. The maximum Gasteiger partial charge on any atom is 0.247 e. The maximum absolute atomic E-state index is 13.3. The van der Waals surface area contributed by atoms with Crippen LogP contribution in [0.4, 0.5) is 5.69 Å². The summed E-state index contributed by atoms with van der Waals surface area (Å²) in [6, 6.07) is 12.9. The Labute approximate surface area is 182 Å². The topological polar surface area (TPSA) is 75.4 Å². The second kappa shape index (κ2) is 8.53. The van der Waals surface area contributed by atoms with Gasteiger partial charge in [-0.1, -0.05) is 52.0 Å². The number of carbonyl (C=O) groups excluding carboxylic acids is 2. The minimum absolute atomic E-state index is 0.0122. The van der Waals surface area contributed by atoms with Crippen LogP contribution < -0.4 is 5.32 Å². The SMILES string of the molecule is CC(C)CC(=O)N1Cc2ccccc2CC1C(=O)Nc1ccc2oc(C(C)C)nc2c1. The number of hydrogen-bond acceptors (Lipinski definition) is 4. The molecular formula is C25H29N3O3. The standard InChI is InChI=1S/C25H29N3O3/c1-15(2)11-23(29)28-14-18-8-6-5-7-17(18)12-21(28)24(30)26-19-9-10-22-20(13-19)27-25(31-22)16(3)4/h5-10,13,15-16,21H,11-12,14H2,1-4H3,(H,26,30). The molecule has 1 atom stereocenters. The van der Waals surface area contributed by atoms with Crippen LogP contribution >= 0.6 is 0 Å². The monoisotopic (exact) mass is 419 g/mol. The third-order valence-electron chi connectivity index (χ3n) is 5.62. The summed E-state index contributed by atoms with van der Waals surface area (Å²) in [6.07, 6.45) is 0.935. The second-order valence-corrected chi connectivity index (χ2v) is 8.99. The average Bonchev–Trinajstić information content (AvgIpc) is 3.16. The summed E-state index contributed by atoms with van der Waals surface area (Å²) < 4.78 is 5.75. The van der Waals surface area contributed by atoms with E-state index >= 15 is 0 Å². The molecule has 0 spiro atoms. The van der Waals surface area contributed by atoms with E-state index in [2.05, 4.69) is 10.3 Å². The molecule has 2 amide bonds. The summed E-state index contributed by atoms with van der Waals surface area (Å²) in [4.78, 5) is 32.5. The highest BCUT2D eigenvalue weighted by Crippen LogP contribution is 2.27. The zero-order valence-corrected chi connectivity index (χ0v) is 18.5. The average molecular weight is 420 g/mol. The van der Waals surface area contributed by atoms with Crippen molar-refractivity contribution in [3.8, 4) is 0 Å². The maximum atomic E-state index is 13.3. The van der Waals surface area contributed by atoms with Crippen molar-refractivity contribution in [2.45, 2.75) is 59.0 Å². The first kappa shape index (κ1) is 21.1. The van der Waals surface area contributed by atoms with Crippen molar-refractivity contribution < 1.29 is 14.0 Å². The minimum atomic E-state index is -0.541. The third-order valence-corrected chi connectivity index (χ3v) is 5.62. The Morgan fingerprint density at radius 2 is 1.87 bits per heavy atom. The molecule has 6 heteroatoms. The van der Waals surface area contributed by atoms with Gasteiger partial charge in [-0.3, -0.25) is 9.59 Å². The fraction of sp³-hybridized carbons (Fsp3) is 0.400. The molecule has 0 saturated carbocycles. The van der Waals surface area contributed by atoms with Gasteiger partial charge in [-0.25, -0.2) is 4.98 Å². The second-order valence-electron chi connectivity index (χ2n) is 8.99. The highest BCUT2D eigenvalue weighted by Gasteiger charge is 2.34. The van der Waals surface area contributed by atoms with E-state index in [1.54, 1.807) is 4.90 Å². The van der Waals surface area contributed by atoms with Gasteiger partial charge in [0, 0.05) is 31.0 Å². The molecule has 0 radical (unpaired) electrons. The molecule has 4 rings (SSSR count). The Hall–Kier alpha value is -3.15. The Morgan fingerprint density at radius 3 is 2.58 bits per heavy atom. The number of rotatable bonds is 5. The number of fused-ring (bicyclic) bond motifs is 2. The fourth-order valence-electron chi connectivity index (χ4n) is 3.98. The van der Waals surface area contributed by atoms with E-state index in [9.17, 15) is 9.59 Å². The molecule has 0 saturated heterocycles. The smallest absolute Gasteiger partial charge is 0.247 e. The van der Waals surface area contributed by atoms with Crippen molar-refractivity contribution in [1.82, 2.24) is 9.88 Å². The zero-order chi connectivity index (χ0) is 22.1. The van der Waals surface area contributed by atoms with Crippen molar-refractivity contribution >= 4 is 28.6 Å². The van der Waals surface area contributed by atoms with Gasteiger partial charge in [0.1, 0.15) is 11.6 Å². The van der Waals surface area contributed by atoms with Crippen LogP contribution in [0.15, 0.2) is 46.9 Å². The van der Waals surface area contributed by atoms with Crippen LogP contribution in [-0.2, 0) is 22.6 Å². The van der Waals surface area contributed by atoms with Crippen molar-refractivity contribution in [1.29, 1.82) is 0 Å². The normalized spacial score (nSPS) is 16.1. The van der Waals surface area contributed by atoms with Crippen LogP contribution in [0.1, 0.15) is 57.1 Å². The number of aromatic nitrogens is 1. The number of nitrogens with one attached hydrogen (secondary N) is 1. The highest BCUT2D eigenvalue weighted by molar-refractivity contribution is 5.98. The van der Waals surface area contributed by atoms with Gasteiger partial charge in [-0.2, -0.15) is 0 Å². The van der Waals surface area contributed by atoms with Gasteiger partial charge in [0.05, 0.1) is 0 Å². The minimum Gasteiger partial charge on any atom is -0.440 e. The lowest BCUT2D eigenvalue weighted by Gasteiger charge is -2.36. The van der Waals surface area contributed by atoms with E-state index in [4.69, 9.17) is 4.42 Å². The van der Waals surface area contributed by atoms with Gasteiger partial charge in [0.2, 0.25) is 11.8 Å². The van der Waals surface area contributed by atoms with Gasteiger partial charge >= 0.3 is 0 Å². The van der Waals surface area contributed by atoms with E-state index < -0.39 is 6.04 Å². The fourth-order valence-corrected chi connectivity index (χ4v) is 3.98. The predicted octanol–water partition coefficient (Wildman–Crippen LogP) is 4.89. The first-order valence-electron chi connectivity index (χ1n) is 10.9. The molecule has 2 aromatic carbocycles. The molecule has 6 nitrogen and oxygen atoms in total. The van der Waals surface area contributed by atoms with Crippen LogP contribution in [0.3, 0.4) is 0 Å². The van der Waals surface area contributed by atoms with Crippen molar-refractivity contribution in [3.05, 3.63) is 59.5 Å². The van der Waals surface area contributed by atoms with Crippen LogP contribution in [0, 0.1) is 5.92 Å². The molecule has 1 aliphatic heterocycles. The van der Waals surface area contributed by atoms with Gasteiger partial charge in [0.15, 0.2) is 11.5 Å². The summed E-state index contributed by atoms with van der Waals surface area (Å²) in [5, 5.41) is 3.00. The van der Waals surface area contributed by atoms with Crippen LogP contribution in [0.2, 0.25) is 0 Å². The Morgan fingerprint density at radius 1 is 1.13 bits per heavy atom. The molecule has 1 aromatic heterocycles. The highest BCUT2D eigenvalue weighted by atomic mass is 16.3. The van der Waals surface area contributed by atoms with Gasteiger partial charge in [-0.15, -0.1) is 0 Å². The molecule has 3 aromatic rings.